The summed E-state index contributed by atoms with van der Waals surface area (Å²) < 4.78 is 2.58. The summed E-state index contributed by atoms with van der Waals surface area (Å²) in [6, 6.07) is 7.01. The number of hydrogen-bond acceptors (Lipinski definition) is 5. The lowest BCUT2D eigenvalue weighted by atomic mass is 9.78. The van der Waals surface area contributed by atoms with Gasteiger partial charge in [0.15, 0.2) is 0 Å². The highest BCUT2D eigenvalue weighted by molar-refractivity contribution is 5.83. The lowest BCUT2D eigenvalue weighted by molar-refractivity contribution is -0.138. The molecule has 9 heteroatoms. The van der Waals surface area contributed by atoms with E-state index in [0.29, 0.717) is 29.7 Å². The molecule has 160 valence electrons. The van der Waals surface area contributed by atoms with Crippen molar-refractivity contribution in [3.8, 4) is 0 Å². The van der Waals surface area contributed by atoms with Crippen molar-refractivity contribution in [3.63, 3.8) is 0 Å². The van der Waals surface area contributed by atoms with Crippen molar-refractivity contribution in [1.82, 2.24) is 19.8 Å². The first-order chi connectivity index (χ1) is 14.3. The van der Waals surface area contributed by atoms with E-state index in [-0.39, 0.29) is 30.2 Å². The van der Waals surface area contributed by atoms with Crippen LogP contribution in [0.5, 0.6) is 0 Å². The summed E-state index contributed by atoms with van der Waals surface area (Å²) >= 11 is 0. The highest BCUT2D eigenvalue weighted by Crippen LogP contribution is 2.34. The molecule has 4 rings (SSSR count). The Balaban J connectivity index is 1.77. The van der Waals surface area contributed by atoms with Gasteiger partial charge in [0.25, 0.3) is 5.56 Å². The average Bonchev–Trinajstić information content (AvgIpc) is 2.72. The fraction of sp³-hybridized carbons (Fsp3) is 0.524. The molecule has 2 bridgehead atoms. The molecule has 2 aromatic rings. The van der Waals surface area contributed by atoms with Crippen molar-refractivity contribution >= 4 is 22.8 Å². The summed E-state index contributed by atoms with van der Waals surface area (Å²) in [5, 5.41) is 15.0. The Hall–Kier alpha value is -2.94. The highest BCUT2D eigenvalue weighted by atomic mass is 16.4. The van der Waals surface area contributed by atoms with E-state index < -0.39 is 24.1 Å². The number of para-hydroxylation sites is 1. The van der Waals surface area contributed by atoms with Crippen molar-refractivity contribution < 1.29 is 14.7 Å². The summed E-state index contributed by atoms with van der Waals surface area (Å²) in [4.78, 5) is 49.6. The number of fused-ring (bicyclic) bond motifs is 3. The zero-order valence-corrected chi connectivity index (χ0v) is 16.8. The molecule has 3 N–H and O–H groups in total. The van der Waals surface area contributed by atoms with Crippen LogP contribution in [0.3, 0.4) is 0 Å². The maximum Gasteiger partial charge on any atom is 0.332 e. The van der Waals surface area contributed by atoms with Crippen molar-refractivity contribution in [2.45, 2.75) is 57.3 Å². The molecule has 0 spiro atoms. The van der Waals surface area contributed by atoms with Crippen LogP contribution in [0.25, 0.3) is 10.9 Å². The molecule has 30 heavy (non-hydrogen) atoms. The monoisotopic (exact) mass is 414 g/mol. The minimum Gasteiger partial charge on any atom is -0.480 e. The van der Waals surface area contributed by atoms with E-state index in [1.165, 1.54) is 9.13 Å². The third kappa shape index (κ3) is 3.77. The number of carboxylic acid groups (broad SMARTS) is 1. The van der Waals surface area contributed by atoms with E-state index in [2.05, 4.69) is 17.6 Å². The zero-order chi connectivity index (χ0) is 21.4. The first kappa shape index (κ1) is 20.3. The Bertz CT molecular complexity index is 1100. The molecular formula is C21H26N4O5. The fourth-order valence-electron chi connectivity index (χ4n) is 4.82. The molecular weight excluding hydrogens is 388 g/mol. The van der Waals surface area contributed by atoms with Gasteiger partial charge in [-0.2, -0.15) is 0 Å². The summed E-state index contributed by atoms with van der Waals surface area (Å²) in [6.07, 6.45) is 3.54. The molecule has 1 amide bonds. The van der Waals surface area contributed by atoms with E-state index in [1.54, 1.807) is 24.3 Å². The van der Waals surface area contributed by atoms with Crippen LogP contribution in [-0.4, -0.2) is 44.7 Å². The number of benzene rings is 1. The lowest BCUT2D eigenvalue weighted by Crippen LogP contribution is -2.55. The second-order valence-electron chi connectivity index (χ2n) is 8.38. The molecule has 2 aliphatic rings. The zero-order valence-electron chi connectivity index (χ0n) is 16.8. The predicted molar refractivity (Wildman–Crippen MR) is 110 cm³/mol. The van der Waals surface area contributed by atoms with Gasteiger partial charge >= 0.3 is 11.7 Å². The second-order valence-corrected chi connectivity index (χ2v) is 8.38. The maximum absolute atomic E-state index is 13.4. The minimum atomic E-state index is -1.17. The largest absolute Gasteiger partial charge is 0.480 e. The number of rotatable bonds is 5. The van der Waals surface area contributed by atoms with E-state index >= 15 is 0 Å². The van der Waals surface area contributed by atoms with Gasteiger partial charge in [0.1, 0.15) is 13.1 Å². The molecule has 4 atom stereocenters. The Morgan fingerprint density at radius 1 is 1.20 bits per heavy atom. The molecule has 0 aliphatic carbocycles. The quantitative estimate of drug-likeness (QED) is 0.653. The topological polar surface area (TPSA) is 122 Å². The fourth-order valence-corrected chi connectivity index (χ4v) is 4.82. The summed E-state index contributed by atoms with van der Waals surface area (Å²) in [5.41, 5.74) is -0.492. The van der Waals surface area contributed by atoms with Crippen LogP contribution in [0.2, 0.25) is 0 Å². The molecule has 1 aromatic carbocycles. The molecule has 9 nitrogen and oxygen atoms in total. The maximum atomic E-state index is 13.4. The van der Waals surface area contributed by atoms with Crippen LogP contribution in [-0.2, 0) is 16.1 Å². The molecule has 0 radical (unpaired) electrons. The Kier molecular flexibility index (Phi) is 5.46. The van der Waals surface area contributed by atoms with Crippen LogP contribution >= 0.6 is 0 Å². The minimum absolute atomic E-state index is 0.234. The van der Waals surface area contributed by atoms with Crippen molar-refractivity contribution in [3.05, 3.63) is 45.1 Å². The number of nitrogens with one attached hydrogen (secondary N) is 2. The van der Waals surface area contributed by atoms with Gasteiger partial charge in [-0.05, 0) is 43.7 Å². The number of carbonyl (C=O) groups is 2. The average molecular weight is 414 g/mol. The first-order valence-electron chi connectivity index (χ1n) is 10.3. The number of carboxylic acids is 1. The van der Waals surface area contributed by atoms with Crippen molar-refractivity contribution in [2.75, 3.05) is 6.54 Å². The van der Waals surface area contributed by atoms with Gasteiger partial charge in [-0.25, -0.2) is 4.79 Å². The summed E-state index contributed by atoms with van der Waals surface area (Å²) in [7, 11) is 0. The first-order valence-corrected chi connectivity index (χ1v) is 10.3. The van der Waals surface area contributed by atoms with Crippen LogP contribution in [0.4, 0.5) is 0 Å². The smallest absolute Gasteiger partial charge is 0.332 e. The van der Waals surface area contributed by atoms with Gasteiger partial charge in [0, 0.05) is 18.1 Å². The van der Waals surface area contributed by atoms with Crippen LogP contribution < -0.4 is 21.9 Å². The standard InChI is InChI=1S/C21H26N4O5/c1-12-6-7-13-8-14(9-16(12)23-13)25-20(29)15-4-2-3-5-17(15)24(21(25)30)11-18(26)22-10-19(27)28/h2-5,12-14,16,23H,6-11H2,1H3,(H,22,26)(H,27,28). The number of aliphatic carboxylic acids is 1. The van der Waals surface area contributed by atoms with Crippen molar-refractivity contribution in [2.24, 2.45) is 5.92 Å². The van der Waals surface area contributed by atoms with Gasteiger partial charge in [-0.1, -0.05) is 19.1 Å². The molecule has 0 saturated carbocycles. The highest BCUT2D eigenvalue weighted by Gasteiger charge is 2.37. The second kappa shape index (κ2) is 8.06. The molecule has 1 aromatic heterocycles. The summed E-state index contributed by atoms with van der Waals surface area (Å²) in [6.45, 7) is 1.31. The third-order valence-electron chi connectivity index (χ3n) is 6.37. The normalized spacial score (nSPS) is 25.8. The third-order valence-corrected chi connectivity index (χ3v) is 6.37. The van der Waals surface area contributed by atoms with E-state index in [0.717, 1.165) is 12.8 Å². The van der Waals surface area contributed by atoms with Gasteiger partial charge in [0.05, 0.1) is 10.9 Å². The van der Waals surface area contributed by atoms with E-state index in [1.807, 2.05) is 0 Å². The van der Waals surface area contributed by atoms with Gasteiger partial charge < -0.3 is 15.7 Å². The van der Waals surface area contributed by atoms with E-state index in [9.17, 15) is 19.2 Å². The van der Waals surface area contributed by atoms with E-state index in [4.69, 9.17) is 5.11 Å². The molecule has 3 heterocycles. The van der Waals surface area contributed by atoms with Crippen LogP contribution in [0.15, 0.2) is 33.9 Å². The number of carbonyl (C=O) groups excluding carboxylic acids is 1. The van der Waals surface area contributed by atoms with Gasteiger partial charge in [0.2, 0.25) is 5.91 Å². The number of piperidine rings is 2. The molecule has 2 saturated heterocycles. The Morgan fingerprint density at radius 3 is 2.73 bits per heavy atom. The number of hydrogen-bond donors (Lipinski definition) is 3. The number of nitrogens with zero attached hydrogens (tertiary/aromatic N) is 2. The summed E-state index contributed by atoms with van der Waals surface area (Å²) in [5.74, 6) is -1.28. The number of amides is 1. The molecule has 2 fully saturated rings. The molecule has 2 aliphatic heterocycles. The number of aromatic nitrogens is 2. The Morgan fingerprint density at radius 2 is 1.97 bits per heavy atom. The predicted octanol–water partition coefficient (Wildman–Crippen LogP) is 0.456. The van der Waals surface area contributed by atoms with Crippen LogP contribution in [0, 0.1) is 5.92 Å². The molecule has 4 unspecified atom stereocenters. The van der Waals surface area contributed by atoms with Crippen LogP contribution in [0.1, 0.15) is 38.6 Å². The van der Waals surface area contributed by atoms with Gasteiger partial charge in [-0.15, -0.1) is 0 Å². The van der Waals surface area contributed by atoms with Crippen molar-refractivity contribution in [1.29, 1.82) is 0 Å². The Labute approximate surface area is 172 Å². The lowest BCUT2D eigenvalue weighted by Gasteiger charge is -2.44. The SMILES string of the molecule is CC1CCC2CC(n3c(=O)c4ccccc4n(CC(=O)NCC(=O)O)c3=O)CC1N2. The van der Waals surface area contributed by atoms with Gasteiger partial charge in [-0.3, -0.25) is 23.5 Å².